The van der Waals surface area contributed by atoms with Gasteiger partial charge in [0, 0.05) is 24.4 Å². The minimum Gasteiger partial charge on any atom is -0.281 e. The molecule has 0 bridgehead atoms. The van der Waals surface area contributed by atoms with E-state index in [0.717, 1.165) is 0 Å². The Morgan fingerprint density at radius 3 is 2.47 bits per heavy atom. The van der Waals surface area contributed by atoms with E-state index in [0.29, 0.717) is 11.4 Å². The van der Waals surface area contributed by atoms with E-state index in [1.807, 2.05) is 0 Å². The Hall–Kier alpha value is -2.70. The number of nitrogens with zero attached hydrogens (tertiary/aromatic N) is 2. The van der Waals surface area contributed by atoms with Gasteiger partial charge in [0.2, 0.25) is 0 Å². The average molecular weight is 232 g/mol. The number of nitrogens with one attached hydrogen (secondary N) is 2. The topological polar surface area (TPSA) is 104 Å². The highest BCUT2D eigenvalue weighted by Gasteiger charge is 2.02. The highest BCUT2D eigenvalue weighted by Crippen LogP contribution is 2.11. The van der Waals surface area contributed by atoms with Gasteiger partial charge < -0.3 is 0 Å². The van der Waals surface area contributed by atoms with Crippen molar-refractivity contribution in [3.63, 3.8) is 0 Å². The Bertz CT molecular complexity index is 609. The lowest BCUT2D eigenvalue weighted by Gasteiger charge is -1.92. The van der Waals surface area contributed by atoms with Gasteiger partial charge in [-0.15, -0.1) is 0 Å². The van der Waals surface area contributed by atoms with Crippen molar-refractivity contribution < 1.29 is 4.92 Å². The van der Waals surface area contributed by atoms with Crippen LogP contribution in [0.4, 0.5) is 11.5 Å². The van der Waals surface area contributed by atoms with Gasteiger partial charge in [-0.05, 0) is 17.7 Å². The van der Waals surface area contributed by atoms with Gasteiger partial charge in [0.1, 0.15) is 5.82 Å². The van der Waals surface area contributed by atoms with Gasteiger partial charge >= 0.3 is 0 Å². The molecule has 0 unspecified atom stereocenters. The lowest BCUT2D eigenvalue weighted by molar-refractivity contribution is -0.384. The first-order valence-electron chi connectivity index (χ1n) is 4.71. The number of hydrogen-bond donors (Lipinski definition) is 2. The number of hydrogen-bond acceptors (Lipinski definition) is 4. The zero-order valence-electron chi connectivity index (χ0n) is 8.58. The molecule has 0 atom stereocenters. The third-order valence-electron chi connectivity index (χ3n) is 2.04. The summed E-state index contributed by atoms with van der Waals surface area (Å²) in [7, 11) is 0. The lowest BCUT2D eigenvalue weighted by Crippen LogP contribution is -1.93. The first-order valence-corrected chi connectivity index (χ1v) is 4.71. The van der Waals surface area contributed by atoms with Crippen LogP contribution in [0.5, 0.6) is 0 Å². The van der Waals surface area contributed by atoms with Crippen molar-refractivity contribution in [2.24, 2.45) is 4.99 Å². The van der Waals surface area contributed by atoms with E-state index >= 15 is 0 Å². The van der Waals surface area contributed by atoms with E-state index in [1.54, 1.807) is 12.1 Å². The van der Waals surface area contributed by atoms with Crippen LogP contribution >= 0.6 is 0 Å². The molecule has 2 N–H and O–H groups in total. The third-order valence-corrected chi connectivity index (χ3v) is 2.04. The normalized spacial score (nSPS) is 10.8. The van der Waals surface area contributed by atoms with Crippen LogP contribution in [-0.4, -0.2) is 21.3 Å². The third kappa shape index (κ3) is 2.65. The Morgan fingerprint density at radius 2 is 1.94 bits per heavy atom. The van der Waals surface area contributed by atoms with Crippen molar-refractivity contribution in [1.29, 1.82) is 0 Å². The van der Waals surface area contributed by atoms with Crippen LogP contribution in [0.25, 0.3) is 0 Å². The van der Waals surface area contributed by atoms with Gasteiger partial charge in [-0.2, -0.15) is 0 Å². The maximum atomic E-state index is 10.8. The molecule has 7 heteroatoms. The standard InChI is InChI=1S/C10H8N4O3/c15-10-5-9(12-13-10)11-6-7-1-3-8(4-2-7)14(16)17/h1-6H,(H2,12,13,15). The fourth-order valence-corrected chi connectivity index (χ4v) is 1.22. The lowest BCUT2D eigenvalue weighted by atomic mass is 10.2. The number of non-ortho nitro benzene ring substituents is 1. The van der Waals surface area contributed by atoms with Crippen LogP contribution in [0.2, 0.25) is 0 Å². The molecule has 0 aliphatic heterocycles. The minimum atomic E-state index is -0.468. The predicted molar refractivity (Wildman–Crippen MR) is 61.8 cm³/mol. The van der Waals surface area contributed by atoms with Crippen molar-refractivity contribution in [3.8, 4) is 0 Å². The molecule has 2 aromatic rings. The Morgan fingerprint density at radius 1 is 1.24 bits per heavy atom. The molecule has 0 aliphatic rings. The first-order chi connectivity index (χ1) is 8.15. The summed E-state index contributed by atoms with van der Waals surface area (Å²) < 4.78 is 0. The maximum absolute atomic E-state index is 10.8. The molecule has 0 radical (unpaired) electrons. The highest BCUT2D eigenvalue weighted by molar-refractivity contribution is 5.81. The van der Waals surface area contributed by atoms with Gasteiger partial charge in [0.25, 0.3) is 11.2 Å². The number of benzene rings is 1. The number of nitro benzene ring substituents is 1. The van der Waals surface area contributed by atoms with Crippen molar-refractivity contribution in [3.05, 3.63) is 56.4 Å². The molecule has 0 amide bonds. The predicted octanol–water partition coefficient (Wildman–Crippen LogP) is 1.36. The summed E-state index contributed by atoms with van der Waals surface area (Å²) in [5.41, 5.74) is 0.468. The fourth-order valence-electron chi connectivity index (χ4n) is 1.22. The fraction of sp³-hybridized carbons (Fsp3) is 0. The summed E-state index contributed by atoms with van der Waals surface area (Å²) in [4.78, 5) is 24.7. The molecule has 7 nitrogen and oxygen atoms in total. The van der Waals surface area contributed by atoms with Crippen molar-refractivity contribution in [1.82, 2.24) is 10.2 Å². The molecule has 0 spiro atoms. The van der Waals surface area contributed by atoms with E-state index in [9.17, 15) is 14.9 Å². The van der Waals surface area contributed by atoms with Crippen LogP contribution in [0, 0.1) is 10.1 Å². The van der Waals surface area contributed by atoms with E-state index in [1.165, 1.54) is 24.4 Å². The summed E-state index contributed by atoms with van der Waals surface area (Å²) in [6, 6.07) is 7.24. The number of aromatic amines is 2. The molecule has 1 heterocycles. The van der Waals surface area contributed by atoms with Gasteiger partial charge in [-0.25, -0.2) is 4.99 Å². The quantitative estimate of drug-likeness (QED) is 0.474. The molecule has 86 valence electrons. The van der Waals surface area contributed by atoms with Gasteiger partial charge in [-0.1, -0.05) is 0 Å². The number of nitro groups is 1. The maximum Gasteiger partial charge on any atom is 0.269 e. The molecule has 0 saturated carbocycles. The Kier molecular flexibility index (Phi) is 2.82. The Labute approximate surface area is 95.0 Å². The largest absolute Gasteiger partial charge is 0.281 e. The molecule has 0 aliphatic carbocycles. The summed E-state index contributed by atoms with van der Waals surface area (Å²) in [5, 5.41) is 15.3. The van der Waals surface area contributed by atoms with Crippen LogP contribution < -0.4 is 5.56 Å². The molecule has 2 rings (SSSR count). The SMILES string of the molecule is O=c1cc(N=Cc2ccc([N+](=O)[O-])cc2)[nH][nH]1. The second-order valence-corrected chi connectivity index (χ2v) is 3.25. The monoisotopic (exact) mass is 232 g/mol. The first kappa shape index (κ1) is 10.8. The number of rotatable bonds is 3. The molecule has 17 heavy (non-hydrogen) atoms. The van der Waals surface area contributed by atoms with Gasteiger partial charge in [-0.3, -0.25) is 25.1 Å². The zero-order valence-corrected chi connectivity index (χ0v) is 8.58. The molecule has 1 aromatic heterocycles. The summed E-state index contributed by atoms with van der Waals surface area (Å²) in [6.07, 6.45) is 1.50. The summed E-state index contributed by atoms with van der Waals surface area (Å²) >= 11 is 0. The van der Waals surface area contributed by atoms with E-state index < -0.39 is 4.92 Å². The second-order valence-electron chi connectivity index (χ2n) is 3.25. The molecule has 0 fully saturated rings. The van der Waals surface area contributed by atoms with E-state index in [-0.39, 0.29) is 11.2 Å². The van der Waals surface area contributed by atoms with Gasteiger partial charge in [0.15, 0.2) is 0 Å². The average Bonchev–Trinajstić information content (AvgIpc) is 2.73. The van der Waals surface area contributed by atoms with Crippen molar-refractivity contribution in [2.45, 2.75) is 0 Å². The number of aromatic nitrogens is 2. The second kappa shape index (κ2) is 4.44. The molecular weight excluding hydrogens is 224 g/mol. The van der Waals surface area contributed by atoms with Crippen LogP contribution in [0.1, 0.15) is 5.56 Å². The molecule has 1 aromatic carbocycles. The number of aliphatic imine (C=N–C) groups is 1. The summed E-state index contributed by atoms with van der Waals surface area (Å²) in [6.45, 7) is 0. The van der Waals surface area contributed by atoms with E-state index in [2.05, 4.69) is 15.2 Å². The highest BCUT2D eigenvalue weighted by atomic mass is 16.6. The van der Waals surface area contributed by atoms with Crippen LogP contribution in [-0.2, 0) is 0 Å². The Balaban J connectivity index is 2.16. The zero-order chi connectivity index (χ0) is 12.3. The van der Waals surface area contributed by atoms with Gasteiger partial charge in [0.05, 0.1) is 4.92 Å². The van der Waals surface area contributed by atoms with Crippen molar-refractivity contribution in [2.75, 3.05) is 0 Å². The number of H-pyrrole nitrogens is 2. The van der Waals surface area contributed by atoms with Crippen LogP contribution in [0.3, 0.4) is 0 Å². The minimum absolute atomic E-state index is 0.0252. The summed E-state index contributed by atoms with van der Waals surface area (Å²) in [5.74, 6) is 0.397. The molecular formula is C10H8N4O3. The van der Waals surface area contributed by atoms with E-state index in [4.69, 9.17) is 0 Å². The molecule has 0 saturated heterocycles. The smallest absolute Gasteiger partial charge is 0.269 e. The van der Waals surface area contributed by atoms with Crippen LogP contribution in [0.15, 0.2) is 40.1 Å². The van der Waals surface area contributed by atoms with Crippen molar-refractivity contribution >= 4 is 17.7 Å².